The molecule has 6 nitrogen and oxygen atoms in total. The van der Waals surface area contributed by atoms with Crippen LogP contribution in [0.25, 0.3) is 0 Å². The quantitative estimate of drug-likeness (QED) is 0.444. The predicted molar refractivity (Wildman–Crippen MR) is 96.8 cm³/mol. The number of allylic oxidation sites excluding steroid dienone is 1. The lowest BCUT2D eigenvalue weighted by atomic mass is 9.98. The predicted octanol–water partition coefficient (Wildman–Crippen LogP) is 0.786. The van der Waals surface area contributed by atoms with E-state index >= 15 is 0 Å². The first-order chi connectivity index (χ1) is 12.0. The normalized spacial score (nSPS) is 14.2. The van der Waals surface area contributed by atoms with Crippen molar-refractivity contribution in [1.82, 2.24) is 10.6 Å². The zero-order chi connectivity index (χ0) is 18.7. The molecule has 0 spiro atoms. The smallest absolute Gasteiger partial charge is 0.224 e. The standard InChI is InChI=1S/C19H28N2O4/c1-3-7-16(11-18(24)20-14(2)12-22)19(25)21-17(13-23)10-15-8-5-4-6-9-15/h3-6,8-9,14,16-17,22-23H,1,7,10-13H2,2H3,(H,20,24)(H,21,25)/t14-,16-,17+/m1/s1. The van der Waals surface area contributed by atoms with E-state index in [9.17, 15) is 14.7 Å². The fourth-order valence-corrected chi connectivity index (χ4v) is 2.47. The summed E-state index contributed by atoms with van der Waals surface area (Å²) in [5.74, 6) is -1.15. The number of rotatable bonds is 11. The van der Waals surface area contributed by atoms with Gasteiger partial charge in [-0.05, 0) is 25.3 Å². The Bertz CT molecular complexity index is 548. The molecule has 0 aliphatic heterocycles. The third-order valence-corrected chi connectivity index (χ3v) is 3.83. The average molecular weight is 348 g/mol. The van der Waals surface area contributed by atoms with Crippen molar-refractivity contribution in [1.29, 1.82) is 0 Å². The van der Waals surface area contributed by atoms with Crippen molar-refractivity contribution in [3.05, 3.63) is 48.6 Å². The van der Waals surface area contributed by atoms with Gasteiger partial charge in [0.2, 0.25) is 11.8 Å². The highest BCUT2D eigenvalue weighted by Gasteiger charge is 2.23. The third kappa shape index (κ3) is 7.96. The van der Waals surface area contributed by atoms with Crippen molar-refractivity contribution in [2.45, 2.75) is 38.3 Å². The van der Waals surface area contributed by atoms with Gasteiger partial charge in [-0.15, -0.1) is 6.58 Å². The number of benzene rings is 1. The van der Waals surface area contributed by atoms with Crippen molar-refractivity contribution in [2.75, 3.05) is 13.2 Å². The Balaban J connectivity index is 2.63. The summed E-state index contributed by atoms with van der Waals surface area (Å²) in [7, 11) is 0. The summed E-state index contributed by atoms with van der Waals surface area (Å²) < 4.78 is 0. The second-order valence-corrected chi connectivity index (χ2v) is 6.15. The molecular formula is C19H28N2O4. The summed E-state index contributed by atoms with van der Waals surface area (Å²) in [4.78, 5) is 24.4. The van der Waals surface area contributed by atoms with Gasteiger partial charge in [0.15, 0.2) is 0 Å². The summed E-state index contributed by atoms with van der Waals surface area (Å²) in [5.41, 5.74) is 1.01. The van der Waals surface area contributed by atoms with E-state index in [2.05, 4.69) is 17.2 Å². The van der Waals surface area contributed by atoms with Gasteiger partial charge in [0.05, 0.1) is 25.2 Å². The highest BCUT2D eigenvalue weighted by Crippen LogP contribution is 2.11. The lowest BCUT2D eigenvalue weighted by Crippen LogP contribution is -2.44. The fourth-order valence-electron chi connectivity index (χ4n) is 2.47. The zero-order valence-electron chi connectivity index (χ0n) is 14.6. The Labute approximate surface area is 148 Å². The van der Waals surface area contributed by atoms with Crippen molar-refractivity contribution >= 4 is 11.8 Å². The first-order valence-corrected chi connectivity index (χ1v) is 8.46. The Kier molecular flexibility index (Phi) is 9.50. The van der Waals surface area contributed by atoms with Crippen molar-refractivity contribution in [2.24, 2.45) is 5.92 Å². The molecule has 0 bridgehead atoms. The van der Waals surface area contributed by atoms with Crippen LogP contribution in [0.3, 0.4) is 0 Å². The van der Waals surface area contributed by atoms with Gasteiger partial charge in [-0.3, -0.25) is 9.59 Å². The molecule has 3 atom stereocenters. The second-order valence-electron chi connectivity index (χ2n) is 6.15. The molecule has 2 amide bonds. The van der Waals surface area contributed by atoms with E-state index in [0.717, 1.165) is 5.56 Å². The van der Waals surface area contributed by atoms with E-state index in [1.165, 1.54) is 0 Å². The van der Waals surface area contributed by atoms with Crippen molar-refractivity contribution in [3.8, 4) is 0 Å². The van der Waals surface area contributed by atoms with Crippen LogP contribution >= 0.6 is 0 Å². The number of nitrogens with one attached hydrogen (secondary N) is 2. The molecule has 0 radical (unpaired) electrons. The molecule has 0 unspecified atom stereocenters. The Hall–Kier alpha value is -2.18. The van der Waals surface area contributed by atoms with Gasteiger partial charge in [-0.2, -0.15) is 0 Å². The minimum Gasteiger partial charge on any atom is -0.394 e. The van der Waals surface area contributed by atoms with Crippen LogP contribution in [0, 0.1) is 5.92 Å². The fraction of sp³-hybridized carbons (Fsp3) is 0.474. The summed E-state index contributed by atoms with van der Waals surface area (Å²) in [6.07, 6.45) is 2.47. The maximum absolute atomic E-state index is 12.5. The first kappa shape index (κ1) is 20.9. The molecule has 0 saturated carbocycles. The lowest BCUT2D eigenvalue weighted by molar-refractivity contribution is -0.131. The lowest BCUT2D eigenvalue weighted by Gasteiger charge is -2.21. The highest BCUT2D eigenvalue weighted by molar-refractivity contribution is 5.86. The minimum absolute atomic E-state index is 0.00563. The molecule has 1 rings (SSSR count). The molecule has 0 saturated heterocycles. The van der Waals surface area contributed by atoms with E-state index < -0.39 is 12.0 Å². The molecule has 0 aliphatic rings. The molecule has 4 N–H and O–H groups in total. The molecule has 0 fully saturated rings. The molecule has 0 aliphatic carbocycles. The molecular weight excluding hydrogens is 320 g/mol. The Morgan fingerprint density at radius 2 is 1.84 bits per heavy atom. The second kappa shape index (κ2) is 11.4. The van der Waals surface area contributed by atoms with E-state index in [0.29, 0.717) is 12.8 Å². The molecule has 0 heterocycles. The van der Waals surface area contributed by atoms with E-state index in [1.807, 2.05) is 30.3 Å². The average Bonchev–Trinajstić information content (AvgIpc) is 2.61. The Morgan fingerprint density at radius 3 is 2.40 bits per heavy atom. The van der Waals surface area contributed by atoms with Gasteiger partial charge >= 0.3 is 0 Å². The summed E-state index contributed by atoms with van der Waals surface area (Å²) >= 11 is 0. The van der Waals surface area contributed by atoms with Crippen molar-refractivity contribution in [3.63, 3.8) is 0 Å². The monoisotopic (exact) mass is 348 g/mol. The number of aliphatic hydroxyl groups excluding tert-OH is 2. The van der Waals surface area contributed by atoms with Gasteiger partial charge in [-0.25, -0.2) is 0 Å². The molecule has 6 heteroatoms. The van der Waals surface area contributed by atoms with Crippen molar-refractivity contribution < 1.29 is 19.8 Å². The molecule has 1 aromatic rings. The number of amides is 2. The minimum atomic E-state index is -0.562. The number of aliphatic hydroxyl groups is 2. The third-order valence-electron chi connectivity index (χ3n) is 3.83. The van der Waals surface area contributed by atoms with Crippen LogP contribution < -0.4 is 10.6 Å². The number of hydrogen-bond donors (Lipinski definition) is 4. The van der Waals surface area contributed by atoms with Crippen LogP contribution in [0.5, 0.6) is 0 Å². The van der Waals surface area contributed by atoms with Gasteiger partial charge in [0.1, 0.15) is 0 Å². The maximum atomic E-state index is 12.5. The largest absolute Gasteiger partial charge is 0.394 e. The first-order valence-electron chi connectivity index (χ1n) is 8.46. The summed E-state index contributed by atoms with van der Waals surface area (Å²) in [5, 5.41) is 24.0. The van der Waals surface area contributed by atoms with Gasteiger partial charge in [0, 0.05) is 12.5 Å². The van der Waals surface area contributed by atoms with Gasteiger partial charge in [0.25, 0.3) is 0 Å². The Morgan fingerprint density at radius 1 is 1.16 bits per heavy atom. The number of carbonyl (C=O) groups is 2. The van der Waals surface area contributed by atoms with Crippen LogP contribution in [-0.2, 0) is 16.0 Å². The molecule has 1 aromatic carbocycles. The van der Waals surface area contributed by atoms with E-state index in [-0.39, 0.29) is 37.5 Å². The van der Waals surface area contributed by atoms with Crippen LogP contribution in [0.15, 0.2) is 43.0 Å². The maximum Gasteiger partial charge on any atom is 0.224 e. The summed E-state index contributed by atoms with van der Waals surface area (Å²) in [6.45, 7) is 4.97. The molecule has 25 heavy (non-hydrogen) atoms. The number of carbonyl (C=O) groups excluding carboxylic acids is 2. The van der Waals surface area contributed by atoms with Crippen LogP contribution in [-0.4, -0.2) is 47.3 Å². The molecule has 0 aromatic heterocycles. The summed E-state index contributed by atoms with van der Waals surface area (Å²) in [6, 6.07) is 8.80. The van der Waals surface area contributed by atoms with E-state index in [4.69, 9.17) is 5.11 Å². The van der Waals surface area contributed by atoms with Gasteiger partial charge in [-0.1, -0.05) is 36.4 Å². The highest BCUT2D eigenvalue weighted by atomic mass is 16.3. The van der Waals surface area contributed by atoms with Crippen LogP contribution in [0.4, 0.5) is 0 Å². The van der Waals surface area contributed by atoms with Crippen LogP contribution in [0.1, 0.15) is 25.3 Å². The van der Waals surface area contributed by atoms with E-state index in [1.54, 1.807) is 13.0 Å². The SMILES string of the molecule is C=CC[C@H](CC(=O)N[C@H](C)CO)C(=O)N[C@H](CO)Cc1ccccc1. The molecule has 138 valence electrons. The zero-order valence-corrected chi connectivity index (χ0v) is 14.6. The van der Waals surface area contributed by atoms with Crippen LogP contribution in [0.2, 0.25) is 0 Å². The topological polar surface area (TPSA) is 98.7 Å². The number of hydrogen-bond acceptors (Lipinski definition) is 4. The van der Waals surface area contributed by atoms with Gasteiger partial charge < -0.3 is 20.8 Å².